The van der Waals surface area contributed by atoms with Crippen molar-refractivity contribution in [3.63, 3.8) is 0 Å². The van der Waals surface area contributed by atoms with Gasteiger partial charge in [-0.05, 0) is 37.4 Å². The zero-order chi connectivity index (χ0) is 15.9. The van der Waals surface area contributed by atoms with Crippen molar-refractivity contribution >= 4 is 28.8 Å². The number of ether oxygens (including phenoxy) is 1. The number of Topliss-reactive ketones (excluding diaryl/α,β-unsaturated/α-hetero) is 1. The zero-order valence-electron chi connectivity index (χ0n) is 12.8. The molecule has 1 aromatic carbocycles. The molecule has 0 N–H and O–H groups in total. The number of hydrogen-bond acceptors (Lipinski definition) is 5. The predicted molar refractivity (Wildman–Crippen MR) is 86.5 cm³/mol. The Morgan fingerprint density at radius 3 is 2.77 bits per heavy atom. The van der Waals surface area contributed by atoms with E-state index in [1.165, 1.54) is 11.3 Å². The van der Waals surface area contributed by atoms with E-state index < -0.39 is 11.5 Å². The summed E-state index contributed by atoms with van der Waals surface area (Å²) in [5.41, 5.74) is 0.924. The van der Waals surface area contributed by atoms with E-state index in [4.69, 9.17) is 4.74 Å². The molecule has 0 saturated heterocycles. The van der Waals surface area contributed by atoms with Crippen LogP contribution in [-0.4, -0.2) is 25.4 Å². The summed E-state index contributed by atoms with van der Waals surface area (Å²) in [6, 6.07) is 9.32. The van der Waals surface area contributed by atoms with Gasteiger partial charge in [0.05, 0.1) is 6.61 Å². The van der Waals surface area contributed by atoms with Crippen molar-refractivity contribution in [1.29, 1.82) is 0 Å². The van der Waals surface area contributed by atoms with Crippen molar-refractivity contribution < 1.29 is 14.3 Å². The molecule has 0 aliphatic carbocycles. The number of carbonyl (C=O) groups is 2. The van der Waals surface area contributed by atoms with Gasteiger partial charge in [0.2, 0.25) is 11.3 Å². The van der Waals surface area contributed by atoms with Gasteiger partial charge in [-0.15, -0.1) is 11.3 Å². The summed E-state index contributed by atoms with van der Waals surface area (Å²) in [6.07, 6.45) is 0. The first kappa shape index (κ1) is 14.8. The van der Waals surface area contributed by atoms with Crippen molar-refractivity contribution in [3.05, 3.63) is 51.7 Å². The molecule has 114 valence electrons. The minimum Gasteiger partial charge on any atom is -0.464 e. The van der Waals surface area contributed by atoms with Crippen molar-refractivity contribution in [2.75, 3.05) is 18.6 Å². The second kappa shape index (κ2) is 5.25. The van der Waals surface area contributed by atoms with Gasteiger partial charge in [0.25, 0.3) is 0 Å². The average molecular weight is 315 g/mol. The number of likely N-dealkylation sites (N-methyl/N-ethyl adjacent to an activating group) is 1. The molecule has 4 nitrogen and oxygen atoms in total. The number of ketones is 1. The van der Waals surface area contributed by atoms with Crippen LogP contribution in [0.2, 0.25) is 0 Å². The Bertz CT molecular complexity index is 738. The van der Waals surface area contributed by atoms with Crippen molar-refractivity contribution in [3.8, 4) is 0 Å². The predicted octanol–water partition coefficient (Wildman–Crippen LogP) is 3.15. The lowest BCUT2D eigenvalue weighted by Crippen LogP contribution is -2.52. The van der Waals surface area contributed by atoms with Crippen LogP contribution >= 0.6 is 11.3 Å². The van der Waals surface area contributed by atoms with Crippen LogP contribution < -0.4 is 4.90 Å². The molecule has 1 aliphatic rings. The van der Waals surface area contributed by atoms with Gasteiger partial charge < -0.3 is 9.64 Å². The van der Waals surface area contributed by atoms with Gasteiger partial charge in [0.1, 0.15) is 0 Å². The standard InChI is InChI=1S/C17H17NO3S/c1-4-21-16(20)17(14-6-5-9-22-14)15(19)12-10-11(2)7-8-13(12)18(17)3/h5-10H,4H2,1-3H3/t17-/m1/s1. The Morgan fingerprint density at radius 2 is 2.14 bits per heavy atom. The monoisotopic (exact) mass is 315 g/mol. The van der Waals surface area contributed by atoms with Crippen LogP contribution in [0, 0.1) is 6.92 Å². The molecule has 0 saturated carbocycles. The first-order chi connectivity index (χ1) is 10.5. The molecule has 1 atom stereocenters. The third kappa shape index (κ3) is 1.82. The molecule has 0 radical (unpaired) electrons. The molecule has 2 aromatic rings. The van der Waals surface area contributed by atoms with Crippen LogP contribution in [0.25, 0.3) is 0 Å². The number of nitrogens with zero attached hydrogens (tertiary/aromatic N) is 1. The van der Waals surface area contributed by atoms with Crippen LogP contribution in [0.5, 0.6) is 0 Å². The fourth-order valence-electron chi connectivity index (χ4n) is 2.98. The number of rotatable bonds is 3. The average Bonchev–Trinajstić information content (AvgIpc) is 3.08. The number of aryl methyl sites for hydroxylation is 1. The van der Waals surface area contributed by atoms with Crippen molar-refractivity contribution in [2.24, 2.45) is 0 Å². The highest BCUT2D eigenvalue weighted by Gasteiger charge is 2.58. The number of fused-ring (bicyclic) bond motifs is 1. The number of carbonyl (C=O) groups excluding carboxylic acids is 2. The Hall–Kier alpha value is -2.14. The highest BCUT2D eigenvalue weighted by Crippen LogP contribution is 2.46. The molecule has 0 fully saturated rings. The summed E-state index contributed by atoms with van der Waals surface area (Å²) in [4.78, 5) is 28.4. The van der Waals surface area contributed by atoms with E-state index in [2.05, 4.69) is 0 Å². The third-order valence-electron chi connectivity index (χ3n) is 4.04. The van der Waals surface area contributed by atoms with E-state index in [-0.39, 0.29) is 12.4 Å². The smallest absolute Gasteiger partial charge is 0.345 e. The largest absolute Gasteiger partial charge is 0.464 e. The Balaban J connectivity index is 2.24. The quantitative estimate of drug-likeness (QED) is 0.645. The first-order valence-corrected chi connectivity index (χ1v) is 8.02. The minimum absolute atomic E-state index is 0.213. The van der Waals surface area contributed by atoms with Gasteiger partial charge in [-0.3, -0.25) is 4.79 Å². The molecule has 0 bridgehead atoms. The molecule has 22 heavy (non-hydrogen) atoms. The van der Waals surface area contributed by atoms with Crippen LogP contribution in [-0.2, 0) is 15.1 Å². The van der Waals surface area contributed by atoms with E-state index in [9.17, 15) is 9.59 Å². The molecule has 2 heterocycles. The normalized spacial score (nSPS) is 20.1. The van der Waals surface area contributed by atoms with Gasteiger partial charge in [0, 0.05) is 23.2 Å². The van der Waals surface area contributed by atoms with Gasteiger partial charge >= 0.3 is 5.97 Å². The summed E-state index contributed by atoms with van der Waals surface area (Å²) in [5, 5.41) is 1.87. The SMILES string of the molecule is CCOC(=O)[C@@]1(c2cccs2)C(=O)c2cc(C)ccc2N1C. The Labute approximate surface area is 133 Å². The van der Waals surface area contributed by atoms with Crippen LogP contribution in [0.4, 0.5) is 5.69 Å². The van der Waals surface area contributed by atoms with Crippen LogP contribution in [0.3, 0.4) is 0 Å². The molecule has 1 aromatic heterocycles. The number of anilines is 1. The molecule has 1 aliphatic heterocycles. The number of benzene rings is 1. The number of thiophene rings is 1. The lowest BCUT2D eigenvalue weighted by atomic mass is 9.90. The number of esters is 1. The van der Waals surface area contributed by atoms with Crippen molar-refractivity contribution in [1.82, 2.24) is 0 Å². The molecule has 0 unspecified atom stereocenters. The highest BCUT2D eigenvalue weighted by atomic mass is 32.1. The van der Waals surface area contributed by atoms with Gasteiger partial charge in [0.15, 0.2) is 0 Å². The maximum Gasteiger partial charge on any atom is 0.345 e. The second-order valence-corrected chi connectivity index (χ2v) is 6.26. The molecular formula is C17H17NO3S. The zero-order valence-corrected chi connectivity index (χ0v) is 13.6. The lowest BCUT2D eigenvalue weighted by molar-refractivity contribution is -0.147. The molecular weight excluding hydrogens is 298 g/mol. The van der Waals surface area contributed by atoms with Crippen molar-refractivity contribution in [2.45, 2.75) is 19.4 Å². The first-order valence-electron chi connectivity index (χ1n) is 7.14. The van der Waals surface area contributed by atoms with E-state index in [1.54, 1.807) is 18.9 Å². The summed E-state index contributed by atoms with van der Waals surface area (Å²) < 4.78 is 5.26. The van der Waals surface area contributed by atoms with E-state index in [1.807, 2.05) is 42.6 Å². The summed E-state index contributed by atoms with van der Waals surface area (Å²) in [5.74, 6) is -0.728. The summed E-state index contributed by atoms with van der Waals surface area (Å²) in [7, 11) is 1.77. The minimum atomic E-state index is -1.40. The van der Waals surface area contributed by atoms with Gasteiger partial charge in [-0.2, -0.15) is 0 Å². The van der Waals surface area contributed by atoms with Gasteiger partial charge in [-0.25, -0.2) is 4.79 Å². The molecule has 0 amide bonds. The molecule has 0 spiro atoms. The molecule has 3 rings (SSSR count). The Morgan fingerprint density at radius 1 is 1.36 bits per heavy atom. The third-order valence-corrected chi connectivity index (χ3v) is 5.02. The fraction of sp³-hybridized carbons (Fsp3) is 0.294. The molecule has 5 heteroatoms. The van der Waals surface area contributed by atoms with Gasteiger partial charge in [-0.1, -0.05) is 17.7 Å². The highest BCUT2D eigenvalue weighted by molar-refractivity contribution is 7.10. The number of hydrogen-bond donors (Lipinski definition) is 0. The van der Waals surface area contributed by atoms with Crippen LogP contribution in [0.15, 0.2) is 35.7 Å². The maximum atomic E-state index is 13.2. The van der Waals surface area contributed by atoms with Crippen LogP contribution in [0.1, 0.15) is 27.7 Å². The second-order valence-electron chi connectivity index (χ2n) is 5.32. The summed E-state index contributed by atoms with van der Waals surface area (Å²) >= 11 is 1.39. The Kier molecular flexibility index (Phi) is 3.53. The van der Waals surface area contributed by atoms with E-state index >= 15 is 0 Å². The summed E-state index contributed by atoms with van der Waals surface area (Å²) in [6.45, 7) is 3.92. The fourth-order valence-corrected chi connectivity index (χ4v) is 3.92. The van der Waals surface area contributed by atoms with E-state index in [0.29, 0.717) is 10.4 Å². The maximum absolute atomic E-state index is 13.2. The lowest BCUT2D eigenvalue weighted by Gasteiger charge is -2.32. The topological polar surface area (TPSA) is 46.6 Å². The van der Waals surface area contributed by atoms with E-state index in [0.717, 1.165) is 11.3 Å².